The molecule has 4 rings (SSSR count). The second kappa shape index (κ2) is 9.40. The number of rotatable bonds is 6. The number of nitrogens with zero attached hydrogens (tertiary/aromatic N) is 5. The van der Waals surface area contributed by atoms with Crippen molar-refractivity contribution in [3.8, 4) is 0 Å². The molecule has 1 saturated heterocycles. The minimum absolute atomic E-state index is 0.0578. The molecule has 10 heteroatoms. The normalized spacial score (nSPS) is 15.0. The first-order valence-corrected chi connectivity index (χ1v) is 12.3. The molecule has 2 aromatic heterocycles. The molecular weight excluding hydrogens is 448 g/mol. The van der Waals surface area contributed by atoms with Crippen LogP contribution in [0.5, 0.6) is 0 Å². The molecule has 0 spiro atoms. The van der Waals surface area contributed by atoms with Crippen LogP contribution in [-0.4, -0.2) is 53.9 Å². The van der Waals surface area contributed by atoms with Crippen molar-refractivity contribution in [1.82, 2.24) is 19.3 Å². The Bertz CT molecular complexity index is 1210. The van der Waals surface area contributed by atoms with E-state index in [-0.39, 0.29) is 5.75 Å². The number of halogens is 1. The maximum Gasteiger partial charge on any atom is 0.218 e. The predicted molar refractivity (Wildman–Crippen MR) is 127 cm³/mol. The van der Waals surface area contributed by atoms with Gasteiger partial charge in [0.15, 0.2) is 0 Å². The quantitative estimate of drug-likeness (QED) is 0.586. The molecule has 1 aliphatic heterocycles. The van der Waals surface area contributed by atoms with Crippen molar-refractivity contribution in [2.45, 2.75) is 19.6 Å². The van der Waals surface area contributed by atoms with Gasteiger partial charge in [0, 0.05) is 43.5 Å². The van der Waals surface area contributed by atoms with Gasteiger partial charge in [-0.2, -0.15) is 4.31 Å². The lowest BCUT2D eigenvalue weighted by Gasteiger charge is -2.34. The van der Waals surface area contributed by atoms with Crippen molar-refractivity contribution in [1.29, 1.82) is 0 Å². The molecule has 0 saturated carbocycles. The first kappa shape index (κ1) is 22.4. The van der Waals surface area contributed by atoms with Crippen molar-refractivity contribution < 1.29 is 8.42 Å². The van der Waals surface area contributed by atoms with Gasteiger partial charge in [0.25, 0.3) is 0 Å². The Hall–Kier alpha value is -2.75. The van der Waals surface area contributed by atoms with Gasteiger partial charge in [-0.25, -0.2) is 23.4 Å². The van der Waals surface area contributed by atoms with E-state index in [0.717, 1.165) is 11.4 Å². The number of hydrogen-bond donors (Lipinski definition) is 1. The molecule has 1 aromatic carbocycles. The number of nitrogens with one attached hydrogen (secondary N) is 1. The Morgan fingerprint density at radius 2 is 1.78 bits per heavy atom. The Kier molecular flexibility index (Phi) is 6.59. The molecule has 1 fully saturated rings. The highest BCUT2D eigenvalue weighted by Gasteiger charge is 2.28. The zero-order valence-electron chi connectivity index (χ0n) is 18.0. The highest BCUT2D eigenvalue weighted by atomic mass is 35.5. The van der Waals surface area contributed by atoms with Gasteiger partial charge in [-0.3, -0.25) is 0 Å². The minimum Gasteiger partial charge on any atom is -0.354 e. The Balaban J connectivity index is 1.43. The topological polar surface area (TPSA) is 91.3 Å². The molecule has 0 unspecified atom stereocenters. The number of benzene rings is 1. The number of piperazine rings is 1. The third-order valence-electron chi connectivity index (χ3n) is 5.19. The average Bonchev–Trinajstić information content (AvgIpc) is 2.73. The minimum atomic E-state index is -3.43. The fourth-order valence-electron chi connectivity index (χ4n) is 3.64. The van der Waals surface area contributed by atoms with Crippen LogP contribution in [0.15, 0.2) is 48.7 Å². The van der Waals surface area contributed by atoms with E-state index in [0.29, 0.717) is 54.2 Å². The van der Waals surface area contributed by atoms with Crippen LogP contribution >= 0.6 is 11.6 Å². The number of pyridine rings is 1. The zero-order chi connectivity index (χ0) is 22.7. The molecule has 32 heavy (non-hydrogen) atoms. The van der Waals surface area contributed by atoms with Crippen LogP contribution in [0.4, 0.5) is 17.5 Å². The van der Waals surface area contributed by atoms with Gasteiger partial charge >= 0.3 is 0 Å². The Morgan fingerprint density at radius 1 is 1.00 bits per heavy atom. The van der Waals surface area contributed by atoms with E-state index in [1.165, 1.54) is 4.31 Å². The van der Waals surface area contributed by atoms with E-state index in [2.05, 4.69) is 25.2 Å². The van der Waals surface area contributed by atoms with Crippen molar-refractivity contribution >= 4 is 39.1 Å². The summed E-state index contributed by atoms with van der Waals surface area (Å²) in [4.78, 5) is 15.4. The second-order valence-corrected chi connectivity index (χ2v) is 10.2. The summed E-state index contributed by atoms with van der Waals surface area (Å²) < 4.78 is 27.3. The van der Waals surface area contributed by atoms with Crippen LogP contribution in [0.1, 0.15) is 17.0 Å². The van der Waals surface area contributed by atoms with Crippen LogP contribution in [0.3, 0.4) is 0 Å². The summed E-state index contributed by atoms with van der Waals surface area (Å²) in [7, 11) is -3.43. The number of aromatic nitrogens is 3. The van der Waals surface area contributed by atoms with Crippen LogP contribution in [0.25, 0.3) is 0 Å². The second-order valence-electron chi connectivity index (χ2n) is 7.77. The maximum absolute atomic E-state index is 12.9. The standard InChI is InChI=1S/C22H25ClN6O2S/c1-16-6-7-24-20(12-16)27-21-14-22(26-17(2)25-21)28-8-10-29(11-9-28)32(30,31)15-18-4-3-5-19(23)13-18/h3-7,12-14H,8-11,15H2,1-2H3,(H,24,25,26,27). The molecule has 1 N–H and O–H groups in total. The molecule has 0 aliphatic carbocycles. The maximum atomic E-state index is 12.9. The number of hydrogen-bond acceptors (Lipinski definition) is 7. The lowest BCUT2D eigenvalue weighted by molar-refractivity contribution is 0.383. The van der Waals surface area contributed by atoms with Crippen molar-refractivity contribution in [2.24, 2.45) is 0 Å². The first-order valence-electron chi connectivity index (χ1n) is 10.3. The van der Waals surface area contributed by atoms with E-state index in [1.807, 2.05) is 32.0 Å². The molecule has 0 atom stereocenters. The van der Waals surface area contributed by atoms with Gasteiger partial charge in [-0.1, -0.05) is 23.7 Å². The number of anilines is 3. The number of sulfonamides is 1. The molecule has 1 aliphatic rings. The first-order chi connectivity index (χ1) is 15.3. The van der Waals surface area contributed by atoms with Crippen LogP contribution in [0, 0.1) is 13.8 Å². The summed E-state index contributed by atoms with van der Waals surface area (Å²) in [6.07, 6.45) is 1.75. The van der Waals surface area contributed by atoms with Gasteiger partial charge in [0.2, 0.25) is 10.0 Å². The third kappa shape index (κ3) is 5.53. The SMILES string of the molecule is Cc1ccnc(Nc2cc(N3CCN(S(=O)(=O)Cc4cccc(Cl)c4)CC3)nc(C)n2)c1. The zero-order valence-corrected chi connectivity index (χ0v) is 19.6. The summed E-state index contributed by atoms with van der Waals surface area (Å²) in [6.45, 7) is 5.73. The van der Waals surface area contributed by atoms with Gasteiger partial charge in [-0.15, -0.1) is 0 Å². The molecule has 8 nitrogen and oxygen atoms in total. The van der Waals surface area contributed by atoms with Crippen molar-refractivity contribution in [3.63, 3.8) is 0 Å². The summed E-state index contributed by atoms with van der Waals surface area (Å²) >= 11 is 5.99. The van der Waals surface area contributed by atoms with Crippen LogP contribution < -0.4 is 10.2 Å². The molecule has 0 bridgehead atoms. The molecule has 3 aromatic rings. The van der Waals surface area contributed by atoms with Crippen molar-refractivity contribution in [2.75, 3.05) is 36.4 Å². The Morgan fingerprint density at radius 3 is 2.50 bits per heavy atom. The van der Waals surface area contributed by atoms with Crippen LogP contribution in [0.2, 0.25) is 5.02 Å². The summed E-state index contributed by atoms with van der Waals surface area (Å²) in [5, 5.41) is 3.76. The Labute approximate surface area is 193 Å². The van der Waals surface area contributed by atoms with Crippen LogP contribution in [-0.2, 0) is 15.8 Å². The average molecular weight is 473 g/mol. The van der Waals surface area contributed by atoms with E-state index in [9.17, 15) is 8.42 Å². The van der Waals surface area contributed by atoms with Gasteiger partial charge in [-0.05, 0) is 49.2 Å². The summed E-state index contributed by atoms with van der Waals surface area (Å²) in [5.74, 6) is 2.71. The highest BCUT2D eigenvalue weighted by molar-refractivity contribution is 7.88. The molecule has 168 valence electrons. The molecular formula is C22H25ClN6O2S. The van der Waals surface area contributed by atoms with Gasteiger partial charge < -0.3 is 10.2 Å². The molecule has 3 heterocycles. The largest absolute Gasteiger partial charge is 0.354 e. The van der Waals surface area contributed by atoms with E-state index in [1.54, 1.807) is 30.5 Å². The number of aryl methyl sites for hydroxylation is 2. The lowest BCUT2D eigenvalue weighted by atomic mass is 10.2. The third-order valence-corrected chi connectivity index (χ3v) is 7.28. The lowest BCUT2D eigenvalue weighted by Crippen LogP contribution is -2.49. The van der Waals surface area contributed by atoms with Gasteiger partial charge in [0.05, 0.1) is 5.75 Å². The van der Waals surface area contributed by atoms with Crippen molar-refractivity contribution in [3.05, 3.63) is 70.6 Å². The summed E-state index contributed by atoms with van der Waals surface area (Å²) in [6, 6.07) is 12.7. The van der Waals surface area contributed by atoms with E-state index in [4.69, 9.17) is 11.6 Å². The predicted octanol–water partition coefficient (Wildman–Crippen LogP) is 3.54. The molecule has 0 radical (unpaired) electrons. The van der Waals surface area contributed by atoms with E-state index < -0.39 is 10.0 Å². The molecule has 0 amide bonds. The smallest absolute Gasteiger partial charge is 0.218 e. The fraction of sp³-hybridized carbons (Fsp3) is 0.318. The van der Waals surface area contributed by atoms with Gasteiger partial charge in [0.1, 0.15) is 23.3 Å². The fourth-order valence-corrected chi connectivity index (χ4v) is 5.35. The monoisotopic (exact) mass is 472 g/mol. The highest BCUT2D eigenvalue weighted by Crippen LogP contribution is 2.22. The van der Waals surface area contributed by atoms with E-state index >= 15 is 0 Å². The summed E-state index contributed by atoms with van der Waals surface area (Å²) in [5.41, 5.74) is 1.79.